The molecule has 1 saturated heterocycles. The predicted octanol–water partition coefficient (Wildman–Crippen LogP) is 1.94. The van der Waals surface area contributed by atoms with Gasteiger partial charge < -0.3 is 5.43 Å². The minimum Gasteiger partial charge on any atom is -0.315 e. The van der Waals surface area contributed by atoms with Gasteiger partial charge in [-0.2, -0.15) is 0 Å². The molecule has 2 nitrogen and oxygen atoms in total. The highest BCUT2D eigenvalue weighted by atomic mass is 32.1. The molecule has 1 aliphatic heterocycles. The van der Waals surface area contributed by atoms with Gasteiger partial charge in [0, 0.05) is 13.1 Å². The van der Waals surface area contributed by atoms with Crippen LogP contribution in [0.1, 0.15) is 17.9 Å². The van der Waals surface area contributed by atoms with Crippen LogP contribution in [0.25, 0.3) is 0 Å². The Labute approximate surface area is 89.9 Å². The van der Waals surface area contributed by atoms with E-state index in [9.17, 15) is 0 Å². The van der Waals surface area contributed by atoms with Crippen LogP contribution in [0.3, 0.4) is 0 Å². The molecular formula is C11H14N2S. The highest BCUT2D eigenvalue weighted by Gasteiger charge is 2.22. The molecule has 1 atom stereocenters. The van der Waals surface area contributed by atoms with E-state index >= 15 is 0 Å². The first-order valence-corrected chi connectivity index (χ1v) is 5.37. The molecule has 14 heavy (non-hydrogen) atoms. The van der Waals surface area contributed by atoms with E-state index in [0.717, 1.165) is 13.1 Å². The van der Waals surface area contributed by atoms with Gasteiger partial charge in [0.15, 0.2) is 0 Å². The van der Waals surface area contributed by atoms with Gasteiger partial charge >= 0.3 is 0 Å². The fourth-order valence-corrected chi connectivity index (χ4v) is 2.10. The molecule has 0 aliphatic carbocycles. The smallest absolute Gasteiger partial charge is 0.0759 e. The van der Waals surface area contributed by atoms with Crippen molar-refractivity contribution in [2.75, 3.05) is 13.1 Å². The maximum Gasteiger partial charge on any atom is 0.0759 e. The first kappa shape index (κ1) is 9.62. The molecule has 3 heteroatoms. The largest absolute Gasteiger partial charge is 0.315 e. The highest BCUT2D eigenvalue weighted by Crippen LogP contribution is 2.25. The zero-order valence-electron chi connectivity index (χ0n) is 8.02. The Morgan fingerprint density at radius 1 is 1.36 bits per heavy atom. The van der Waals surface area contributed by atoms with Gasteiger partial charge in [-0.05, 0) is 17.9 Å². The van der Waals surface area contributed by atoms with Gasteiger partial charge in [-0.1, -0.05) is 42.5 Å². The van der Waals surface area contributed by atoms with Crippen molar-refractivity contribution in [2.45, 2.75) is 12.3 Å². The minimum atomic E-state index is 0.652. The van der Waals surface area contributed by atoms with Crippen molar-refractivity contribution in [1.82, 2.24) is 10.4 Å². The van der Waals surface area contributed by atoms with Crippen molar-refractivity contribution in [3.8, 4) is 0 Å². The summed E-state index contributed by atoms with van der Waals surface area (Å²) in [5, 5.41) is 2.17. The Morgan fingerprint density at radius 2 is 2.14 bits per heavy atom. The van der Waals surface area contributed by atoms with Gasteiger partial charge in [0.1, 0.15) is 0 Å². The molecule has 0 aromatic heterocycles. The third kappa shape index (κ3) is 2.11. The van der Waals surface area contributed by atoms with E-state index in [0.29, 0.717) is 5.92 Å². The Balaban J connectivity index is 1.99. The fraction of sp³-hybridized carbons (Fsp3) is 0.364. The van der Waals surface area contributed by atoms with Crippen LogP contribution in [0.15, 0.2) is 30.3 Å². The monoisotopic (exact) mass is 206 g/mol. The predicted molar refractivity (Wildman–Crippen MR) is 62.2 cm³/mol. The number of rotatable bonds is 3. The lowest BCUT2D eigenvalue weighted by molar-refractivity contribution is 0.297. The van der Waals surface area contributed by atoms with Gasteiger partial charge in [0.2, 0.25) is 0 Å². The Kier molecular flexibility index (Phi) is 3.11. The molecule has 0 radical (unpaired) electrons. The third-order valence-corrected chi connectivity index (χ3v) is 2.80. The number of thiocarbonyl (C=S) groups is 1. The van der Waals surface area contributed by atoms with Crippen molar-refractivity contribution in [1.29, 1.82) is 0 Å². The second-order valence-electron chi connectivity index (χ2n) is 3.59. The quantitative estimate of drug-likeness (QED) is 0.761. The number of hydrogen-bond acceptors (Lipinski definition) is 2. The normalized spacial score (nSPS) is 22.1. The van der Waals surface area contributed by atoms with E-state index in [1.165, 1.54) is 12.0 Å². The van der Waals surface area contributed by atoms with E-state index in [-0.39, 0.29) is 0 Å². The molecule has 1 fully saturated rings. The van der Waals surface area contributed by atoms with E-state index in [1.54, 1.807) is 5.49 Å². The van der Waals surface area contributed by atoms with Gasteiger partial charge in [0.05, 0.1) is 5.49 Å². The van der Waals surface area contributed by atoms with E-state index in [1.807, 2.05) is 0 Å². The lowest BCUT2D eigenvalue weighted by Gasteiger charge is -2.14. The highest BCUT2D eigenvalue weighted by molar-refractivity contribution is 7.78. The Bertz CT molecular complexity index is 299. The summed E-state index contributed by atoms with van der Waals surface area (Å²) in [7, 11) is 0. The Hall–Kier alpha value is -0.930. The summed E-state index contributed by atoms with van der Waals surface area (Å²) in [5.74, 6) is 0.652. The number of nitrogens with one attached hydrogen (secondary N) is 1. The molecule has 1 N–H and O–H groups in total. The van der Waals surface area contributed by atoms with Gasteiger partial charge in [0.25, 0.3) is 0 Å². The van der Waals surface area contributed by atoms with Crippen molar-refractivity contribution >= 4 is 17.7 Å². The van der Waals surface area contributed by atoms with Gasteiger partial charge in [-0.3, -0.25) is 0 Å². The second-order valence-corrected chi connectivity index (χ2v) is 3.82. The maximum atomic E-state index is 4.77. The fourth-order valence-electron chi connectivity index (χ4n) is 1.95. The molecule has 1 aliphatic rings. The molecule has 2 rings (SSSR count). The number of hydrazine groups is 1. The molecule has 0 bridgehead atoms. The Morgan fingerprint density at radius 3 is 2.86 bits per heavy atom. The van der Waals surface area contributed by atoms with Crippen LogP contribution >= 0.6 is 12.2 Å². The van der Waals surface area contributed by atoms with Gasteiger partial charge in [-0.15, -0.1) is 0 Å². The van der Waals surface area contributed by atoms with Crippen LogP contribution in [-0.4, -0.2) is 23.6 Å². The third-order valence-electron chi connectivity index (χ3n) is 2.69. The maximum absolute atomic E-state index is 4.77. The molecule has 0 amide bonds. The number of benzene rings is 1. The molecule has 1 aromatic carbocycles. The summed E-state index contributed by atoms with van der Waals surface area (Å²) in [4.78, 5) is 0. The second kappa shape index (κ2) is 4.53. The zero-order chi connectivity index (χ0) is 9.80. The summed E-state index contributed by atoms with van der Waals surface area (Å²) in [5.41, 5.74) is 6.08. The minimum absolute atomic E-state index is 0.652. The topological polar surface area (TPSA) is 15.3 Å². The van der Waals surface area contributed by atoms with Crippen LogP contribution in [0, 0.1) is 0 Å². The summed E-state index contributed by atoms with van der Waals surface area (Å²) in [6.07, 6.45) is 1.21. The van der Waals surface area contributed by atoms with Crippen LogP contribution in [0.5, 0.6) is 0 Å². The standard InChI is InChI=1S/C11H14N2S/c14-9-12-13-7-6-11(8-13)10-4-2-1-3-5-10/h1-5,9,11H,6-8H2,(H,12,14)/t11-/m1/s1. The number of hydrogen-bond donors (Lipinski definition) is 1. The lowest BCUT2D eigenvalue weighted by atomic mass is 9.99. The first-order valence-electron chi connectivity index (χ1n) is 4.90. The molecule has 74 valence electrons. The van der Waals surface area contributed by atoms with E-state index in [4.69, 9.17) is 12.2 Å². The van der Waals surface area contributed by atoms with Crippen LogP contribution < -0.4 is 5.43 Å². The molecular weight excluding hydrogens is 192 g/mol. The molecule has 0 saturated carbocycles. The van der Waals surface area contributed by atoms with Crippen molar-refractivity contribution in [3.63, 3.8) is 0 Å². The van der Waals surface area contributed by atoms with Crippen LogP contribution in [0.2, 0.25) is 0 Å². The molecule has 0 unspecified atom stereocenters. The summed E-state index contributed by atoms with van der Waals surface area (Å²) >= 11 is 4.77. The van der Waals surface area contributed by atoms with Crippen molar-refractivity contribution in [3.05, 3.63) is 35.9 Å². The molecule has 1 heterocycles. The van der Waals surface area contributed by atoms with Gasteiger partial charge in [-0.25, -0.2) is 5.01 Å². The first-order chi connectivity index (χ1) is 6.90. The summed E-state index contributed by atoms with van der Waals surface area (Å²) in [6.45, 7) is 2.13. The lowest BCUT2D eigenvalue weighted by Crippen LogP contribution is -2.33. The van der Waals surface area contributed by atoms with E-state index in [2.05, 4.69) is 40.8 Å². The summed E-state index contributed by atoms with van der Waals surface area (Å²) in [6, 6.07) is 10.7. The van der Waals surface area contributed by atoms with Crippen LogP contribution in [-0.2, 0) is 0 Å². The van der Waals surface area contributed by atoms with Crippen LogP contribution in [0.4, 0.5) is 0 Å². The number of nitrogens with zero attached hydrogens (tertiary/aromatic N) is 1. The average molecular weight is 206 g/mol. The average Bonchev–Trinajstić information content (AvgIpc) is 2.68. The molecule has 1 aromatic rings. The molecule has 0 spiro atoms. The van der Waals surface area contributed by atoms with Crippen molar-refractivity contribution < 1.29 is 0 Å². The summed E-state index contributed by atoms with van der Waals surface area (Å²) < 4.78 is 0. The van der Waals surface area contributed by atoms with E-state index < -0.39 is 0 Å². The van der Waals surface area contributed by atoms with Crippen molar-refractivity contribution in [2.24, 2.45) is 0 Å². The zero-order valence-corrected chi connectivity index (χ0v) is 8.83. The SMILES string of the molecule is S=CNN1CC[C@@H](c2ccccc2)C1.